The topological polar surface area (TPSA) is 95.3 Å². The van der Waals surface area contributed by atoms with Gasteiger partial charge in [0, 0.05) is 50.0 Å². The number of ether oxygens (including phenoxy) is 1. The van der Waals surface area contributed by atoms with Crippen LogP contribution in [-0.4, -0.2) is 78.5 Å². The van der Waals surface area contributed by atoms with Crippen LogP contribution >= 0.6 is 11.6 Å². The first-order valence-corrected chi connectivity index (χ1v) is 12.1. The van der Waals surface area contributed by atoms with Gasteiger partial charge < -0.3 is 19.4 Å². The minimum Gasteiger partial charge on any atom is -0.463 e. The molecule has 1 aromatic heterocycles. The van der Waals surface area contributed by atoms with Crippen molar-refractivity contribution in [1.82, 2.24) is 20.0 Å². The molecule has 0 saturated carbocycles. The molecule has 2 aliphatic heterocycles. The molecular weight excluding hydrogens is 472 g/mol. The van der Waals surface area contributed by atoms with E-state index in [-0.39, 0.29) is 18.5 Å². The van der Waals surface area contributed by atoms with Crippen LogP contribution < -0.4 is 5.32 Å². The Balaban J connectivity index is 1.61. The summed E-state index contributed by atoms with van der Waals surface area (Å²) < 4.78 is 10.6. The minimum atomic E-state index is -0.681. The van der Waals surface area contributed by atoms with Gasteiger partial charge in [-0.25, -0.2) is 9.59 Å². The van der Waals surface area contributed by atoms with Gasteiger partial charge in [-0.05, 0) is 43.7 Å². The Hall–Kier alpha value is -3.30. The minimum absolute atomic E-state index is 0.144. The third kappa shape index (κ3) is 5.36. The molecule has 1 atom stereocenters. The van der Waals surface area contributed by atoms with Gasteiger partial charge in [0.05, 0.1) is 24.5 Å². The van der Waals surface area contributed by atoms with Crippen molar-refractivity contribution < 1.29 is 23.5 Å². The van der Waals surface area contributed by atoms with E-state index in [0.29, 0.717) is 66.9 Å². The average molecular weight is 501 g/mol. The molecule has 3 amide bonds. The molecule has 0 aliphatic carbocycles. The number of carbonyl (C=O) groups excluding carboxylic acids is 3. The van der Waals surface area contributed by atoms with Gasteiger partial charge in [-0.3, -0.25) is 14.6 Å². The lowest BCUT2D eigenvalue weighted by atomic mass is 9.94. The highest BCUT2D eigenvalue weighted by Gasteiger charge is 2.38. The van der Waals surface area contributed by atoms with Crippen LogP contribution in [0.2, 0.25) is 5.02 Å². The normalized spacial score (nSPS) is 19.1. The molecule has 186 valence electrons. The summed E-state index contributed by atoms with van der Waals surface area (Å²) >= 11 is 6.21. The number of urea groups is 1. The highest BCUT2D eigenvalue weighted by molar-refractivity contribution is 6.30. The summed E-state index contributed by atoms with van der Waals surface area (Å²) in [4.78, 5) is 44.3. The first-order valence-electron chi connectivity index (χ1n) is 11.7. The summed E-state index contributed by atoms with van der Waals surface area (Å²) in [5.41, 5.74) is 1.70. The lowest BCUT2D eigenvalue weighted by Crippen LogP contribution is -2.53. The Kier molecular flexibility index (Phi) is 7.77. The quantitative estimate of drug-likeness (QED) is 0.586. The standard InChI is InChI=1S/C25H29ClN4O5/c1-3-30-19(16-28-10-12-29(13-11-28)23(31)20-9-6-14-35-20)21(24(32)34-4-2)22(27-25(30)33)17-7-5-8-18(26)15-17/h5-9,14-15,22H,3-4,10-13,16H2,1-2H3,(H,27,33). The summed E-state index contributed by atoms with van der Waals surface area (Å²) in [5, 5.41) is 3.45. The highest BCUT2D eigenvalue weighted by Crippen LogP contribution is 2.33. The number of halogens is 1. The van der Waals surface area contributed by atoms with Crippen LogP contribution in [0, 0.1) is 0 Å². The van der Waals surface area contributed by atoms with Crippen molar-refractivity contribution in [3.8, 4) is 0 Å². The number of nitrogens with zero attached hydrogens (tertiary/aromatic N) is 3. The Labute approximate surface area is 209 Å². The van der Waals surface area contributed by atoms with Crippen LogP contribution in [0.25, 0.3) is 0 Å². The van der Waals surface area contributed by atoms with Crippen LogP contribution in [-0.2, 0) is 9.53 Å². The van der Waals surface area contributed by atoms with Gasteiger partial charge in [0.15, 0.2) is 5.76 Å². The predicted molar refractivity (Wildman–Crippen MR) is 130 cm³/mol. The Morgan fingerprint density at radius 3 is 2.54 bits per heavy atom. The van der Waals surface area contributed by atoms with Gasteiger partial charge in [0.25, 0.3) is 5.91 Å². The van der Waals surface area contributed by atoms with Gasteiger partial charge in [0.1, 0.15) is 0 Å². The Morgan fingerprint density at radius 1 is 1.14 bits per heavy atom. The molecule has 1 saturated heterocycles. The maximum atomic E-state index is 13.2. The molecule has 1 unspecified atom stereocenters. The number of hydrogen-bond acceptors (Lipinski definition) is 6. The first-order chi connectivity index (χ1) is 16.9. The summed E-state index contributed by atoms with van der Waals surface area (Å²) in [5.74, 6) is -0.303. The number of esters is 1. The number of benzene rings is 1. The number of piperazine rings is 1. The summed E-state index contributed by atoms with van der Waals surface area (Å²) in [7, 11) is 0. The van der Waals surface area contributed by atoms with E-state index >= 15 is 0 Å². The van der Waals surface area contributed by atoms with Gasteiger partial charge in [-0.15, -0.1) is 0 Å². The second-order valence-electron chi connectivity index (χ2n) is 8.31. The van der Waals surface area contributed by atoms with Crippen molar-refractivity contribution in [2.75, 3.05) is 45.9 Å². The van der Waals surface area contributed by atoms with Crippen LogP contribution in [0.3, 0.4) is 0 Å². The van der Waals surface area contributed by atoms with E-state index < -0.39 is 12.0 Å². The molecular formula is C25H29ClN4O5. The third-order valence-corrected chi connectivity index (χ3v) is 6.43. The maximum Gasteiger partial charge on any atom is 0.338 e. The van der Waals surface area contributed by atoms with Crippen molar-refractivity contribution in [2.45, 2.75) is 19.9 Å². The van der Waals surface area contributed by atoms with Crippen molar-refractivity contribution >= 4 is 29.5 Å². The molecule has 0 bridgehead atoms. The van der Waals surface area contributed by atoms with Crippen LogP contribution in [0.15, 0.2) is 58.3 Å². The number of nitrogens with one attached hydrogen (secondary N) is 1. The monoisotopic (exact) mass is 500 g/mol. The second-order valence-corrected chi connectivity index (χ2v) is 8.74. The van der Waals surface area contributed by atoms with E-state index in [1.165, 1.54) is 6.26 Å². The maximum absolute atomic E-state index is 13.2. The SMILES string of the molecule is CCOC(=O)C1=C(CN2CCN(C(=O)c3ccco3)CC2)N(CC)C(=O)NC1c1cccc(Cl)c1. The lowest BCUT2D eigenvalue weighted by Gasteiger charge is -2.40. The van der Waals surface area contributed by atoms with Crippen molar-refractivity contribution in [3.63, 3.8) is 0 Å². The molecule has 2 aromatic rings. The van der Waals surface area contributed by atoms with E-state index in [9.17, 15) is 14.4 Å². The molecule has 1 aromatic carbocycles. The van der Waals surface area contributed by atoms with E-state index in [0.717, 1.165) is 0 Å². The van der Waals surface area contributed by atoms with Crippen molar-refractivity contribution in [1.29, 1.82) is 0 Å². The van der Waals surface area contributed by atoms with E-state index in [1.807, 2.05) is 13.0 Å². The Bertz CT molecular complexity index is 1110. The number of hydrogen-bond donors (Lipinski definition) is 1. The van der Waals surface area contributed by atoms with Crippen LogP contribution in [0.1, 0.15) is 36.0 Å². The summed E-state index contributed by atoms with van der Waals surface area (Å²) in [6.45, 7) is 6.79. The van der Waals surface area contributed by atoms with Crippen LogP contribution in [0.5, 0.6) is 0 Å². The molecule has 1 N–H and O–H groups in total. The predicted octanol–water partition coefficient (Wildman–Crippen LogP) is 3.29. The number of likely N-dealkylation sites (N-methyl/N-ethyl adjacent to an activating group) is 1. The molecule has 0 radical (unpaired) electrons. The zero-order valence-electron chi connectivity index (χ0n) is 19.8. The first kappa shape index (κ1) is 24.8. The number of carbonyl (C=O) groups is 3. The van der Waals surface area contributed by atoms with E-state index in [1.54, 1.807) is 47.1 Å². The zero-order valence-corrected chi connectivity index (χ0v) is 20.6. The summed E-state index contributed by atoms with van der Waals surface area (Å²) in [6, 6.07) is 9.47. The van der Waals surface area contributed by atoms with E-state index in [4.69, 9.17) is 20.8 Å². The molecule has 0 spiro atoms. The number of furan rings is 1. The van der Waals surface area contributed by atoms with Crippen LogP contribution in [0.4, 0.5) is 4.79 Å². The molecule has 4 rings (SSSR count). The van der Waals surface area contributed by atoms with Gasteiger partial charge in [-0.2, -0.15) is 0 Å². The fourth-order valence-corrected chi connectivity index (χ4v) is 4.67. The molecule has 10 heteroatoms. The van der Waals surface area contributed by atoms with Gasteiger partial charge >= 0.3 is 12.0 Å². The molecule has 1 fully saturated rings. The van der Waals surface area contributed by atoms with Gasteiger partial charge in [-0.1, -0.05) is 23.7 Å². The summed E-state index contributed by atoms with van der Waals surface area (Å²) in [6.07, 6.45) is 1.48. The number of amides is 3. The average Bonchev–Trinajstić information content (AvgIpc) is 3.39. The zero-order chi connectivity index (χ0) is 24.9. The highest BCUT2D eigenvalue weighted by atomic mass is 35.5. The number of rotatable bonds is 7. The lowest BCUT2D eigenvalue weighted by molar-refractivity contribution is -0.139. The smallest absolute Gasteiger partial charge is 0.338 e. The molecule has 2 aliphatic rings. The fraction of sp³-hybridized carbons (Fsp3) is 0.400. The van der Waals surface area contributed by atoms with Gasteiger partial charge in [0.2, 0.25) is 0 Å². The molecule has 35 heavy (non-hydrogen) atoms. The van der Waals surface area contributed by atoms with E-state index in [2.05, 4.69) is 10.2 Å². The fourth-order valence-electron chi connectivity index (χ4n) is 4.47. The largest absolute Gasteiger partial charge is 0.463 e. The molecule has 3 heterocycles. The van der Waals surface area contributed by atoms with Crippen molar-refractivity contribution in [2.24, 2.45) is 0 Å². The third-order valence-electron chi connectivity index (χ3n) is 6.20. The molecule has 9 nitrogen and oxygen atoms in total. The second kappa shape index (κ2) is 11.0. The van der Waals surface area contributed by atoms with Crippen molar-refractivity contribution in [3.05, 3.63) is 70.3 Å². The Morgan fingerprint density at radius 2 is 1.91 bits per heavy atom.